The molecule has 1 atom stereocenters. The molecule has 0 aromatic carbocycles. The lowest BCUT2D eigenvalue weighted by Crippen LogP contribution is -2.46. The number of nitrogens with zero attached hydrogens (tertiary/aromatic N) is 1. The SMILES string of the molecule is CCCC1(C(=O)N(CC)CC2CC2)CCNC1. The van der Waals surface area contributed by atoms with E-state index in [0.717, 1.165) is 51.4 Å². The van der Waals surface area contributed by atoms with E-state index in [1.54, 1.807) is 0 Å². The van der Waals surface area contributed by atoms with Crippen LogP contribution in [0.4, 0.5) is 0 Å². The van der Waals surface area contributed by atoms with Crippen LogP contribution in [-0.4, -0.2) is 37.0 Å². The zero-order valence-corrected chi connectivity index (χ0v) is 11.3. The van der Waals surface area contributed by atoms with Crippen molar-refractivity contribution in [1.82, 2.24) is 10.2 Å². The Bertz CT molecular complexity index is 267. The Kier molecular flexibility index (Phi) is 4.08. The first kappa shape index (κ1) is 12.9. The Hall–Kier alpha value is -0.570. The van der Waals surface area contributed by atoms with Crippen molar-refractivity contribution >= 4 is 5.91 Å². The highest BCUT2D eigenvalue weighted by Crippen LogP contribution is 2.36. The van der Waals surface area contributed by atoms with Gasteiger partial charge in [0.05, 0.1) is 5.41 Å². The minimum absolute atomic E-state index is 0.0837. The zero-order chi connectivity index (χ0) is 12.3. The van der Waals surface area contributed by atoms with Gasteiger partial charge in [-0.15, -0.1) is 0 Å². The molecule has 0 aromatic heterocycles. The van der Waals surface area contributed by atoms with Crippen LogP contribution in [0, 0.1) is 11.3 Å². The van der Waals surface area contributed by atoms with E-state index in [0.29, 0.717) is 5.91 Å². The molecular weight excluding hydrogens is 212 g/mol. The monoisotopic (exact) mass is 238 g/mol. The normalized spacial score (nSPS) is 28.4. The summed E-state index contributed by atoms with van der Waals surface area (Å²) in [6.45, 7) is 8.07. The molecule has 2 aliphatic rings. The third-order valence-corrected chi connectivity index (χ3v) is 4.27. The van der Waals surface area contributed by atoms with Crippen molar-refractivity contribution in [3.63, 3.8) is 0 Å². The highest BCUT2D eigenvalue weighted by molar-refractivity contribution is 5.83. The van der Waals surface area contributed by atoms with E-state index < -0.39 is 0 Å². The van der Waals surface area contributed by atoms with Gasteiger partial charge in [-0.3, -0.25) is 4.79 Å². The standard InChI is InChI=1S/C14H26N2O/c1-3-7-14(8-9-15-11-14)13(17)16(4-2)10-12-5-6-12/h12,15H,3-11H2,1-2H3. The summed E-state index contributed by atoms with van der Waals surface area (Å²) < 4.78 is 0. The fourth-order valence-corrected chi connectivity index (χ4v) is 3.03. The second kappa shape index (κ2) is 5.38. The van der Waals surface area contributed by atoms with Crippen LogP contribution in [0.15, 0.2) is 0 Å². The third kappa shape index (κ3) is 2.82. The van der Waals surface area contributed by atoms with Crippen molar-refractivity contribution in [2.75, 3.05) is 26.2 Å². The topological polar surface area (TPSA) is 32.3 Å². The van der Waals surface area contributed by atoms with Crippen LogP contribution in [0.2, 0.25) is 0 Å². The number of amides is 1. The lowest BCUT2D eigenvalue weighted by atomic mass is 9.81. The van der Waals surface area contributed by atoms with Crippen molar-refractivity contribution in [1.29, 1.82) is 0 Å². The molecule has 98 valence electrons. The molecule has 0 spiro atoms. The fraction of sp³-hybridized carbons (Fsp3) is 0.929. The highest BCUT2D eigenvalue weighted by Gasteiger charge is 2.43. The van der Waals surface area contributed by atoms with Gasteiger partial charge in [0.25, 0.3) is 0 Å². The van der Waals surface area contributed by atoms with Crippen LogP contribution < -0.4 is 5.32 Å². The number of nitrogens with one attached hydrogen (secondary N) is 1. The minimum Gasteiger partial charge on any atom is -0.342 e. The van der Waals surface area contributed by atoms with Crippen molar-refractivity contribution in [3.8, 4) is 0 Å². The molecule has 3 heteroatoms. The van der Waals surface area contributed by atoms with E-state index in [-0.39, 0.29) is 5.41 Å². The maximum atomic E-state index is 12.7. The molecule has 1 N–H and O–H groups in total. The van der Waals surface area contributed by atoms with Crippen molar-refractivity contribution in [2.24, 2.45) is 11.3 Å². The third-order valence-electron chi connectivity index (χ3n) is 4.27. The van der Waals surface area contributed by atoms with Gasteiger partial charge in [-0.2, -0.15) is 0 Å². The van der Waals surface area contributed by atoms with E-state index in [4.69, 9.17) is 0 Å². The van der Waals surface area contributed by atoms with E-state index >= 15 is 0 Å². The van der Waals surface area contributed by atoms with Crippen LogP contribution in [0.3, 0.4) is 0 Å². The van der Waals surface area contributed by atoms with Crippen molar-refractivity contribution in [3.05, 3.63) is 0 Å². The number of rotatable bonds is 6. The molecule has 2 fully saturated rings. The van der Waals surface area contributed by atoms with Crippen LogP contribution in [0.1, 0.15) is 46.0 Å². The average Bonchev–Trinajstić information content (AvgIpc) is 3.03. The predicted molar refractivity (Wildman–Crippen MR) is 69.8 cm³/mol. The average molecular weight is 238 g/mol. The van der Waals surface area contributed by atoms with Gasteiger partial charge in [0, 0.05) is 19.6 Å². The first-order valence-electron chi connectivity index (χ1n) is 7.22. The lowest BCUT2D eigenvalue weighted by Gasteiger charge is -2.33. The van der Waals surface area contributed by atoms with Gasteiger partial charge < -0.3 is 10.2 Å². The molecule has 0 radical (unpaired) electrons. The summed E-state index contributed by atoms with van der Waals surface area (Å²) in [5.74, 6) is 1.21. The first-order chi connectivity index (χ1) is 8.22. The van der Waals surface area contributed by atoms with Crippen LogP contribution >= 0.6 is 0 Å². The Balaban J connectivity index is 2.02. The Morgan fingerprint density at radius 2 is 2.18 bits per heavy atom. The van der Waals surface area contributed by atoms with E-state index in [1.807, 2.05) is 0 Å². The van der Waals surface area contributed by atoms with E-state index in [9.17, 15) is 4.79 Å². The molecule has 1 aliphatic carbocycles. The number of hydrogen-bond acceptors (Lipinski definition) is 2. The molecule has 1 saturated heterocycles. The maximum Gasteiger partial charge on any atom is 0.230 e. The van der Waals surface area contributed by atoms with E-state index in [1.165, 1.54) is 12.8 Å². The van der Waals surface area contributed by atoms with Crippen LogP contribution in [0.5, 0.6) is 0 Å². The number of carbonyl (C=O) groups is 1. The van der Waals surface area contributed by atoms with Crippen molar-refractivity contribution in [2.45, 2.75) is 46.0 Å². The van der Waals surface area contributed by atoms with Crippen LogP contribution in [0.25, 0.3) is 0 Å². The molecule has 1 aliphatic heterocycles. The second-order valence-corrected chi connectivity index (χ2v) is 5.74. The van der Waals surface area contributed by atoms with Gasteiger partial charge in [0.15, 0.2) is 0 Å². The first-order valence-corrected chi connectivity index (χ1v) is 7.22. The van der Waals surface area contributed by atoms with Crippen LogP contribution in [-0.2, 0) is 4.79 Å². The largest absolute Gasteiger partial charge is 0.342 e. The summed E-state index contributed by atoms with van der Waals surface area (Å²) in [6, 6.07) is 0. The summed E-state index contributed by atoms with van der Waals surface area (Å²) in [5, 5.41) is 3.38. The molecule has 17 heavy (non-hydrogen) atoms. The Morgan fingerprint density at radius 1 is 1.41 bits per heavy atom. The van der Waals surface area contributed by atoms with Gasteiger partial charge in [0.1, 0.15) is 0 Å². The maximum absolute atomic E-state index is 12.7. The summed E-state index contributed by atoms with van der Waals surface area (Å²) in [6.07, 6.45) is 5.82. The Morgan fingerprint density at radius 3 is 2.65 bits per heavy atom. The van der Waals surface area contributed by atoms with Gasteiger partial charge in [-0.25, -0.2) is 0 Å². The highest BCUT2D eigenvalue weighted by atomic mass is 16.2. The van der Waals surface area contributed by atoms with Gasteiger partial charge in [-0.05, 0) is 45.1 Å². The summed E-state index contributed by atoms with van der Waals surface area (Å²) in [4.78, 5) is 14.8. The number of carbonyl (C=O) groups excluding carboxylic acids is 1. The van der Waals surface area contributed by atoms with E-state index in [2.05, 4.69) is 24.1 Å². The molecule has 3 nitrogen and oxygen atoms in total. The second-order valence-electron chi connectivity index (χ2n) is 5.74. The molecule has 1 amide bonds. The molecule has 1 unspecified atom stereocenters. The lowest BCUT2D eigenvalue weighted by molar-refractivity contribution is -0.141. The summed E-state index contributed by atoms with van der Waals surface area (Å²) in [7, 11) is 0. The molecular formula is C14H26N2O. The fourth-order valence-electron chi connectivity index (χ4n) is 3.03. The van der Waals surface area contributed by atoms with Crippen molar-refractivity contribution < 1.29 is 4.79 Å². The molecule has 0 bridgehead atoms. The van der Waals surface area contributed by atoms with Gasteiger partial charge >= 0.3 is 0 Å². The van der Waals surface area contributed by atoms with Gasteiger partial charge in [-0.1, -0.05) is 13.3 Å². The summed E-state index contributed by atoms with van der Waals surface area (Å²) >= 11 is 0. The minimum atomic E-state index is -0.0837. The quantitative estimate of drug-likeness (QED) is 0.768. The smallest absolute Gasteiger partial charge is 0.230 e. The molecule has 0 aromatic rings. The molecule has 2 rings (SSSR count). The molecule has 1 heterocycles. The molecule has 1 saturated carbocycles. The van der Waals surface area contributed by atoms with Gasteiger partial charge in [0.2, 0.25) is 5.91 Å². The zero-order valence-electron chi connectivity index (χ0n) is 11.3. The number of hydrogen-bond donors (Lipinski definition) is 1. The predicted octanol–water partition coefficient (Wildman–Crippen LogP) is 2.02. The Labute approximate surface area is 105 Å². The summed E-state index contributed by atoms with van der Waals surface area (Å²) in [5.41, 5.74) is -0.0837.